The normalized spacial score (nSPS) is 9.74. The molecule has 0 aliphatic heterocycles. The minimum atomic E-state index is -0.206. The van der Waals surface area contributed by atoms with E-state index in [1.54, 1.807) is 11.8 Å². The first-order chi connectivity index (χ1) is 9.02. The Hall–Kier alpha value is -1.67. The summed E-state index contributed by atoms with van der Waals surface area (Å²) in [5, 5.41) is 10.1. The Morgan fingerprint density at radius 3 is 2.74 bits per heavy atom. The first-order valence-corrected chi connectivity index (χ1v) is 7.48. The zero-order valence-corrected chi connectivity index (χ0v) is 12.0. The Labute approximate surface area is 119 Å². The number of hydrogen-bond acceptors (Lipinski definition) is 4. The number of amidine groups is 1. The molecule has 102 valence electrons. The van der Waals surface area contributed by atoms with Gasteiger partial charge in [-0.05, 0) is 18.4 Å². The number of guanidine groups is 1. The van der Waals surface area contributed by atoms with Crippen molar-refractivity contribution < 1.29 is 4.79 Å². The molecule has 1 rings (SSSR count). The zero-order chi connectivity index (χ0) is 14.3. The fourth-order valence-corrected chi connectivity index (χ4v) is 2.28. The molecule has 0 bridgehead atoms. The molecule has 0 unspecified atom stereocenters. The number of aliphatic imine (C=N–C) groups is 1. The Kier molecular flexibility index (Phi) is 6.23. The Morgan fingerprint density at radius 2 is 2.11 bits per heavy atom. The van der Waals surface area contributed by atoms with Crippen LogP contribution in [0.4, 0.5) is 5.69 Å². The van der Waals surface area contributed by atoms with E-state index in [9.17, 15) is 4.79 Å². The van der Waals surface area contributed by atoms with E-state index in [-0.39, 0.29) is 22.8 Å². The summed E-state index contributed by atoms with van der Waals surface area (Å²) in [7, 11) is 0. The van der Waals surface area contributed by atoms with Crippen molar-refractivity contribution in [3.8, 4) is 0 Å². The first-order valence-electron chi connectivity index (χ1n) is 5.26. The minimum Gasteiger partial charge on any atom is -0.370 e. The van der Waals surface area contributed by atoms with Gasteiger partial charge in [-0.25, -0.2) is 0 Å². The summed E-state index contributed by atoms with van der Waals surface area (Å²) in [6.45, 7) is 0. The lowest BCUT2D eigenvalue weighted by atomic mass is 10.3. The highest BCUT2D eigenvalue weighted by Crippen LogP contribution is 2.24. The summed E-state index contributed by atoms with van der Waals surface area (Å²) in [6, 6.07) is 7.51. The van der Waals surface area contributed by atoms with Crippen molar-refractivity contribution >= 4 is 46.2 Å². The average molecular weight is 297 g/mol. The molecule has 1 aromatic rings. The molecule has 1 aromatic carbocycles. The van der Waals surface area contributed by atoms with Crippen LogP contribution in [0, 0.1) is 5.41 Å². The molecule has 1 amide bonds. The van der Waals surface area contributed by atoms with Gasteiger partial charge in [0.2, 0.25) is 5.91 Å². The topological polar surface area (TPSA) is 117 Å². The number of thioether (sulfide) groups is 2. The first kappa shape index (κ1) is 15.4. The van der Waals surface area contributed by atoms with Crippen molar-refractivity contribution in [3.05, 3.63) is 24.3 Å². The fraction of sp³-hybridized carbons (Fsp3) is 0.182. The highest BCUT2D eigenvalue weighted by atomic mass is 32.2. The van der Waals surface area contributed by atoms with E-state index in [1.807, 2.05) is 30.5 Å². The van der Waals surface area contributed by atoms with Gasteiger partial charge in [-0.15, -0.1) is 11.8 Å². The summed E-state index contributed by atoms with van der Waals surface area (Å²) < 4.78 is 0. The van der Waals surface area contributed by atoms with Gasteiger partial charge in [0.15, 0.2) is 11.1 Å². The lowest BCUT2D eigenvalue weighted by molar-refractivity contribution is -0.113. The molecule has 0 spiro atoms. The molecule has 6 N–H and O–H groups in total. The summed E-state index contributed by atoms with van der Waals surface area (Å²) in [5.74, 6) is -0.314. The maximum Gasteiger partial charge on any atom is 0.234 e. The second-order valence-electron chi connectivity index (χ2n) is 3.38. The SMILES string of the molecule is CSc1ccccc1NC(=O)CSC(=N)N=C(N)N. The quantitative estimate of drug-likeness (QED) is 0.379. The van der Waals surface area contributed by atoms with Gasteiger partial charge in [0.1, 0.15) is 0 Å². The molecule has 0 saturated carbocycles. The number of nitrogens with zero attached hydrogens (tertiary/aromatic N) is 1. The lowest BCUT2D eigenvalue weighted by Crippen LogP contribution is -2.24. The number of rotatable bonds is 4. The molecular formula is C11H15N5OS2. The van der Waals surface area contributed by atoms with Crippen molar-refractivity contribution in [1.29, 1.82) is 5.41 Å². The van der Waals surface area contributed by atoms with E-state index in [0.29, 0.717) is 0 Å². The standard InChI is InChI=1S/C11H15N5OS2/c1-18-8-5-3-2-4-7(8)15-9(17)6-19-11(14)16-10(12)13/h2-5H,6H2,1H3,(H,15,17)(H5,12,13,14,16). The van der Waals surface area contributed by atoms with Crippen molar-refractivity contribution in [2.45, 2.75) is 4.90 Å². The summed E-state index contributed by atoms with van der Waals surface area (Å²) in [5.41, 5.74) is 11.0. The Morgan fingerprint density at radius 1 is 1.42 bits per heavy atom. The molecule has 0 saturated heterocycles. The van der Waals surface area contributed by atoms with Gasteiger partial charge in [-0.1, -0.05) is 23.9 Å². The monoisotopic (exact) mass is 297 g/mol. The van der Waals surface area contributed by atoms with Crippen LogP contribution in [0.5, 0.6) is 0 Å². The number of anilines is 1. The van der Waals surface area contributed by atoms with E-state index in [1.165, 1.54) is 0 Å². The average Bonchev–Trinajstić information content (AvgIpc) is 2.36. The van der Waals surface area contributed by atoms with Crippen LogP contribution < -0.4 is 16.8 Å². The predicted octanol–water partition coefficient (Wildman–Crippen LogP) is 1.29. The smallest absolute Gasteiger partial charge is 0.234 e. The van der Waals surface area contributed by atoms with Crippen molar-refractivity contribution in [2.24, 2.45) is 16.5 Å². The predicted molar refractivity (Wildman–Crippen MR) is 82.8 cm³/mol. The van der Waals surface area contributed by atoms with Gasteiger partial charge in [0, 0.05) is 4.90 Å². The van der Waals surface area contributed by atoms with Crippen LogP contribution in [0.15, 0.2) is 34.2 Å². The molecule has 0 heterocycles. The minimum absolute atomic E-state index is 0.0817. The van der Waals surface area contributed by atoms with Crippen LogP contribution in [0.25, 0.3) is 0 Å². The Bertz CT molecular complexity index is 500. The second-order valence-corrected chi connectivity index (χ2v) is 5.19. The van der Waals surface area contributed by atoms with Crippen LogP contribution in [-0.4, -0.2) is 29.0 Å². The zero-order valence-electron chi connectivity index (χ0n) is 10.3. The van der Waals surface area contributed by atoms with E-state index in [2.05, 4.69) is 10.3 Å². The van der Waals surface area contributed by atoms with Crippen LogP contribution in [0.2, 0.25) is 0 Å². The molecule has 0 aliphatic rings. The van der Waals surface area contributed by atoms with Crippen molar-refractivity contribution in [2.75, 3.05) is 17.3 Å². The Balaban J connectivity index is 2.52. The highest BCUT2D eigenvalue weighted by Gasteiger charge is 2.07. The van der Waals surface area contributed by atoms with Gasteiger partial charge >= 0.3 is 0 Å². The van der Waals surface area contributed by atoms with Gasteiger partial charge < -0.3 is 16.8 Å². The van der Waals surface area contributed by atoms with Crippen molar-refractivity contribution in [3.63, 3.8) is 0 Å². The number of carbonyl (C=O) groups is 1. The van der Waals surface area contributed by atoms with Crippen LogP contribution in [0.1, 0.15) is 0 Å². The summed E-state index contributed by atoms with van der Waals surface area (Å²) >= 11 is 2.51. The number of amides is 1. The number of nitrogens with two attached hydrogens (primary N) is 2. The number of carbonyl (C=O) groups excluding carboxylic acids is 1. The molecule has 8 heteroatoms. The molecule has 0 aromatic heterocycles. The van der Waals surface area contributed by atoms with Gasteiger partial charge in [0.05, 0.1) is 11.4 Å². The van der Waals surface area contributed by atoms with Gasteiger partial charge in [-0.3, -0.25) is 10.2 Å². The van der Waals surface area contributed by atoms with E-state index in [4.69, 9.17) is 16.9 Å². The van der Waals surface area contributed by atoms with E-state index >= 15 is 0 Å². The molecule has 0 radical (unpaired) electrons. The van der Waals surface area contributed by atoms with Crippen molar-refractivity contribution in [1.82, 2.24) is 0 Å². The summed E-state index contributed by atoms with van der Waals surface area (Å²) in [6.07, 6.45) is 1.94. The highest BCUT2D eigenvalue weighted by molar-refractivity contribution is 8.14. The van der Waals surface area contributed by atoms with E-state index in [0.717, 1.165) is 22.3 Å². The van der Waals surface area contributed by atoms with Gasteiger partial charge in [0.25, 0.3) is 0 Å². The fourth-order valence-electron chi connectivity index (χ4n) is 1.22. The third kappa shape index (κ3) is 5.66. The maximum absolute atomic E-state index is 11.7. The van der Waals surface area contributed by atoms with Crippen LogP contribution in [0.3, 0.4) is 0 Å². The molecule has 0 atom stereocenters. The van der Waals surface area contributed by atoms with Gasteiger partial charge in [-0.2, -0.15) is 4.99 Å². The molecular weight excluding hydrogens is 282 g/mol. The third-order valence-corrected chi connectivity index (χ3v) is 3.52. The molecule has 0 fully saturated rings. The largest absolute Gasteiger partial charge is 0.370 e. The molecule has 6 nitrogen and oxygen atoms in total. The molecule has 0 aliphatic carbocycles. The number of para-hydroxylation sites is 1. The second kappa shape index (κ2) is 7.70. The maximum atomic E-state index is 11.7. The van der Waals surface area contributed by atoms with Crippen LogP contribution in [-0.2, 0) is 4.79 Å². The number of hydrogen-bond donors (Lipinski definition) is 4. The van der Waals surface area contributed by atoms with Crippen LogP contribution >= 0.6 is 23.5 Å². The third-order valence-electron chi connectivity index (χ3n) is 1.95. The lowest BCUT2D eigenvalue weighted by Gasteiger charge is -2.08. The summed E-state index contributed by atoms with van der Waals surface area (Å²) in [4.78, 5) is 16.2. The molecule has 19 heavy (non-hydrogen) atoms. The van der Waals surface area contributed by atoms with E-state index < -0.39 is 0 Å². The number of nitrogens with one attached hydrogen (secondary N) is 2. The number of benzene rings is 1.